The van der Waals surface area contributed by atoms with Crippen LogP contribution in [-0.2, 0) is 28.8 Å². The molecule has 0 saturated carbocycles. The van der Waals surface area contributed by atoms with E-state index in [1.54, 1.807) is 14.1 Å². The van der Waals surface area contributed by atoms with Crippen molar-refractivity contribution in [1.82, 2.24) is 28.9 Å². The van der Waals surface area contributed by atoms with Crippen molar-refractivity contribution >= 4 is 45.1 Å². The number of aromatic nitrogens is 2. The second-order valence-corrected chi connectivity index (χ2v) is 11.8. The van der Waals surface area contributed by atoms with Crippen molar-refractivity contribution in [3.8, 4) is 0 Å². The number of fused-ring (bicyclic) bond motifs is 8. The molecule has 0 unspecified atom stereocenters. The molecule has 6 heterocycles. The number of nitrogens with zero attached hydrogens (tertiary/aromatic N) is 7. The molecule has 20 heteroatoms. The third-order valence-electron chi connectivity index (χ3n) is 6.85. The number of hydrogen-bond donors (Lipinski definition) is 2. The van der Waals surface area contributed by atoms with Crippen molar-refractivity contribution in [2.24, 2.45) is 19.8 Å². The van der Waals surface area contributed by atoms with Crippen molar-refractivity contribution in [1.29, 1.82) is 0 Å². The van der Waals surface area contributed by atoms with Gasteiger partial charge in [-0.2, -0.15) is 13.5 Å². The second kappa shape index (κ2) is 10.3. The van der Waals surface area contributed by atoms with Crippen LogP contribution in [0, 0.1) is 13.6 Å². The molecule has 6 rings (SSSR count). The third-order valence-corrected chi connectivity index (χ3v) is 9.50. The third kappa shape index (κ3) is 4.53. The Morgan fingerprint density at radius 2 is 1.56 bits per heavy atom. The van der Waals surface area contributed by atoms with E-state index < -0.39 is 34.7 Å². The molecule has 2 fully saturated rings. The minimum absolute atomic E-state index is 0. The summed E-state index contributed by atoms with van der Waals surface area (Å²) in [5.74, 6) is 0. The van der Waals surface area contributed by atoms with E-state index in [9.17, 15) is 27.6 Å². The summed E-state index contributed by atoms with van der Waals surface area (Å²) in [5.41, 5.74) is 6.90. The average molecular weight is 609 g/mol. The molecular formula is C19H21N8NaO8S3. The zero-order valence-electron chi connectivity index (χ0n) is 20.9. The van der Waals surface area contributed by atoms with Gasteiger partial charge in [0.15, 0.2) is 0 Å². The van der Waals surface area contributed by atoms with Crippen LogP contribution < -0.4 is 45.0 Å². The van der Waals surface area contributed by atoms with Crippen LogP contribution >= 0.6 is 22.7 Å². The quantitative estimate of drug-likeness (QED) is 0.207. The van der Waals surface area contributed by atoms with Crippen molar-refractivity contribution in [3.63, 3.8) is 0 Å². The van der Waals surface area contributed by atoms with E-state index in [1.807, 2.05) is 0 Å². The molecule has 2 aromatic heterocycles. The second-order valence-electron chi connectivity index (χ2n) is 8.81. The smallest absolute Gasteiger partial charge is 0.469 e. The predicted octanol–water partition coefficient (Wildman–Crippen LogP) is -3.07. The molecule has 4 aliphatic heterocycles. The number of nitrogens with two attached hydrogens (primary N) is 1. The van der Waals surface area contributed by atoms with Gasteiger partial charge in [0.05, 0.1) is 40.6 Å². The van der Waals surface area contributed by atoms with Crippen molar-refractivity contribution < 1.29 is 56.4 Å². The SMILES string of the molecule is Cn1c2c(sc1=O)[C@@H]1CN(C(=O)N1OS(=O)(=O)O)[C@@H]2CN.[C-]#[N+][C@@H]1c2c(sc(=O)n2C)[C@@H]2CN1C(=O)N2[CH2-].[Na+]. The van der Waals surface area contributed by atoms with E-state index in [0.29, 0.717) is 27.9 Å². The van der Waals surface area contributed by atoms with E-state index in [0.717, 1.165) is 27.6 Å². The number of urea groups is 2. The summed E-state index contributed by atoms with van der Waals surface area (Å²) < 4.78 is 37.8. The molecule has 4 bridgehead atoms. The molecule has 4 amide bonds. The maximum absolute atomic E-state index is 12.2. The minimum Gasteiger partial charge on any atom is -0.469 e. The maximum atomic E-state index is 12.2. The van der Waals surface area contributed by atoms with Gasteiger partial charge in [-0.15, -0.1) is 4.28 Å². The van der Waals surface area contributed by atoms with E-state index in [2.05, 4.69) is 16.2 Å². The Morgan fingerprint density at radius 3 is 2.10 bits per heavy atom. The largest absolute Gasteiger partial charge is 1.00 e. The summed E-state index contributed by atoms with van der Waals surface area (Å²) in [6.07, 6.45) is -0.690. The van der Waals surface area contributed by atoms with Crippen LogP contribution in [0.3, 0.4) is 0 Å². The van der Waals surface area contributed by atoms with Gasteiger partial charge in [-0.05, 0) is 0 Å². The van der Waals surface area contributed by atoms with Crippen LogP contribution in [0.4, 0.5) is 9.59 Å². The van der Waals surface area contributed by atoms with Gasteiger partial charge in [-0.25, -0.2) is 16.3 Å². The maximum Gasteiger partial charge on any atom is 1.00 e. The number of hydroxylamine groups is 2. The Balaban J connectivity index is 0.000000180. The molecule has 0 spiro atoms. The van der Waals surface area contributed by atoms with Crippen LogP contribution in [0.2, 0.25) is 0 Å². The predicted molar refractivity (Wildman–Crippen MR) is 132 cm³/mol. The molecule has 3 N–H and O–H groups in total. The molecular weight excluding hydrogens is 587 g/mol. The first-order valence-electron chi connectivity index (χ1n) is 10.9. The summed E-state index contributed by atoms with van der Waals surface area (Å²) in [6, 6.07) is -2.45. The summed E-state index contributed by atoms with van der Waals surface area (Å²) in [5, 5.41) is 0.569. The number of carbonyl (C=O) groups excluding carboxylic acids is 2. The standard InChI is InChI=1S/C10H9N4O2S.C9H12N4O6S2.Na/c1-11-8-6-7(17-10(16)13(6)3)5-4-14(8)9(15)12(5)2;1-11-6-4(2-10)12-3-5(7(6)20-9(11)15)13(8(12)14)19-21(16,17)18;/h5,8H,2,4H2,3H3;4-5H,2-3,10H2,1H3,(H,16,17,18);/q-1;;+1/t5-,8-;4-,5+;/m01./s1. The van der Waals surface area contributed by atoms with E-state index >= 15 is 0 Å². The Labute approximate surface area is 251 Å². The van der Waals surface area contributed by atoms with E-state index in [1.165, 1.54) is 23.8 Å². The van der Waals surface area contributed by atoms with Gasteiger partial charge in [0.2, 0.25) is 0 Å². The number of carbonyl (C=O) groups is 2. The Kier molecular flexibility index (Phi) is 7.83. The van der Waals surface area contributed by atoms with Crippen LogP contribution in [0.5, 0.6) is 0 Å². The fraction of sp³-hybridized carbons (Fsp3) is 0.474. The first kappa shape index (κ1) is 29.7. The fourth-order valence-corrected chi connectivity index (χ4v) is 7.70. The van der Waals surface area contributed by atoms with E-state index in [4.69, 9.17) is 16.9 Å². The Hall–Kier alpha value is -2.28. The van der Waals surface area contributed by atoms with Gasteiger partial charge in [-0.1, -0.05) is 22.7 Å². The molecule has 0 aromatic carbocycles. The first-order valence-corrected chi connectivity index (χ1v) is 13.9. The number of thiazole rings is 2. The minimum atomic E-state index is -4.84. The van der Waals surface area contributed by atoms with Crippen molar-refractivity contribution in [2.75, 3.05) is 19.6 Å². The summed E-state index contributed by atoms with van der Waals surface area (Å²) in [4.78, 5) is 56.2. The molecule has 4 atom stereocenters. The number of amides is 4. The summed E-state index contributed by atoms with van der Waals surface area (Å²) in [7, 11) is 2.06. The molecule has 0 radical (unpaired) electrons. The Bertz CT molecular complexity index is 1620. The van der Waals surface area contributed by atoms with E-state index in [-0.39, 0.29) is 64.5 Å². The van der Waals surface area contributed by atoms with Gasteiger partial charge in [-0.3, -0.25) is 35.4 Å². The molecule has 2 saturated heterocycles. The topological polar surface area (TPSA) is 185 Å². The number of rotatable bonds is 3. The van der Waals surface area contributed by atoms with Crippen LogP contribution in [0.1, 0.15) is 45.4 Å². The Morgan fingerprint density at radius 1 is 1.03 bits per heavy atom. The molecule has 2 aromatic rings. The first-order chi connectivity index (χ1) is 17.8. The molecule has 204 valence electrons. The molecule has 0 aliphatic carbocycles. The van der Waals surface area contributed by atoms with Crippen molar-refractivity contribution in [2.45, 2.75) is 24.3 Å². The molecule has 4 aliphatic rings. The summed E-state index contributed by atoms with van der Waals surface area (Å²) in [6.45, 7) is 7.89. The van der Waals surface area contributed by atoms with Crippen LogP contribution in [0.15, 0.2) is 9.59 Å². The summed E-state index contributed by atoms with van der Waals surface area (Å²) >= 11 is 2.01. The van der Waals surface area contributed by atoms with Crippen molar-refractivity contribution in [3.05, 3.63) is 58.9 Å². The van der Waals surface area contributed by atoms with Gasteiger partial charge in [0.1, 0.15) is 11.7 Å². The molecule has 39 heavy (non-hydrogen) atoms. The monoisotopic (exact) mass is 608 g/mol. The number of hydrogen-bond acceptors (Lipinski definition) is 10. The fourth-order valence-electron chi connectivity index (χ4n) is 5.11. The van der Waals surface area contributed by atoms with Gasteiger partial charge in [0, 0.05) is 20.6 Å². The van der Waals surface area contributed by atoms with Gasteiger partial charge < -0.3 is 20.1 Å². The average Bonchev–Trinajstić information content (AvgIpc) is 3.50. The molecule has 16 nitrogen and oxygen atoms in total. The van der Waals surface area contributed by atoms with Crippen LogP contribution in [-0.4, -0.2) is 73.6 Å². The zero-order chi connectivity index (χ0) is 27.8. The zero-order valence-corrected chi connectivity index (χ0v) is 25.3. The van der Waals surface area contributed by atoms with Crippen LogP contribution in [0.25, 0.3) is 4.85 Å². The van der Waals surface area contributed by atoms with Gasteiger partial charge >= 0.3 is 61.9 Å². The normalized spacial score (nSPS) is 24.6. The van der Waals surface area contributed by atoms with Gasteiger partial charge in [0.25, 0.3) is 6.03 Å².